The van der Waals surface area contributed by atoms with E-state index >= 15 is 4.39 Å². The zero-order valence-corrected chi connectivity index (χ0v) is 24.0. The second-order valence-electron chi connectivity index (χ2n) is 12.3. The van der Waals surface area contributed by atoms with Crippen LogP contribution in [0.2, 0.25) is 5.02 Å². The lowest BCUT2D eigenvalue weighted by Gasteiger charge is -2.34. The lowest BCUT2D eigenvalue weighted by Crippen LogP contribution is -2.51. The number of ether oxygens (including phenoxy) is 1. The smallest absolute Gasteiger partial charge is 0.319 e. The number of nitrogen functional groups attached to an aromatic ring is 1. The summed E-state index contributed by atoms with van der Waals surface area (Å²) in [6, 6.07) is 7.83. The van der Waals surface area contributed by atoms with Gasteiger partial charge in [-0.3, -0.25) is 4.90 Å². The average Bonchev–Trinajstić information content (AvgIpc) is 3.57. The van der Waals surface area contributed by atoms with E-state index in [-0.39, 0.29) is 23.7 Å². The van der Waals surface area contributed by atoms with Gasteiger partial charge >= 0.3 is 6.01 Å². The van der Waals surface area contributed by atoms with E-state index in [4.69, 9.17) is 27.1 Å². The van der Waals surface area contributed by atoms with Crippen LogP contribution in [0.4, 0.5) is 20.3 Å². The van der Waals surface area contributed by atoms with Crippen LogP contribution in [0.5, 0.6) is 6.01 Å². The normalized spacial score (nSPS) is 27.5. The molecule has 0 unspecified atom stereocenters. The van der Waals surface area contributed by atoms with E-state index < -0.39 is 12.0 Å². The zero-order chi connectivity index (χ0) is 28.5. The van der Waals surface area contributed by atoms with E-state index in [1.54, 1.807) is 18.2 Å². The van der Waals surface area contributed by atoms with Crippen LogP contribution in [-0.4, -0.2) is 71.4 Å². The Hall–Kier alpha value is -3.01. The van der Waals surface area contributed by atoms with Crippen LogP contribution in [-0.2, 0) is 0 Å². The number of rotatable bonds is 6. The number of hydrogen-bond acceptors (Lipinski definition) is 7. The fourth-order valence-electron chi connectivity index (χ4n) is 7.53. The molecule has 2 bridgehead atoms. The Bertz CT molecular complexity index is 1540. The summed E-state index contributed by atoms with van der Waals surface area (Å²) in [5, 5.41) is 4.69. The molecule has 4 saturated heterocycles. The molecule has 7 rings (SSSR count). The van der Waals surface area contributed by atoms with Crippen molar-refractivity contribution in [2.24, 2.45) is 0 Å². The van der Waals surface area contributed by atoms with Crippen molar-refractivity contribution in [1.82, 2.24) is 20.2 Å². The molecule has 7 nitrogen and oxygen atoms in total. The molecule has 0 radical (unpaired) electrons. The summed E-state index contributed by atoms with van der Waals surface area (Å²) >= 11 is 6.54. The van der Waals surface area contributed by atoms with Crippen LogP contribution in [0.25, 0.3) is 27.6 Å². The highest BCUT2D eigenvalue weighted by atomic mass is 35.5. The SMILES string of the molecule is C=C(C)c1c(Cl)cc(N)cc1-c1ccc2c(N3C[C@H]4CC[C@@H](C3)N4)nc(OC[C@@]34CCCN3C[C@H](F)C4)nc2c1F. The minimum atomic E-state index is -0.865. The molecule has 3 aromatic rings. The molecule has 0 spiro atoms. The number of benzene rings is 2. The number of allylic oxidation sites excluding steroid dienone is 1. The van der Waals surface area contributed by atoms with Crippen LogP contribution in [0, 0.1) is 5.82 Å². The van der Waals surface area contributed by atoms with Gasteiger partial charge in [-0.15, -0.1) is 0 Å². The largest absolute Gasteiger partial charge is 0.461 e. The van der Waals surface area contributed by atoms with E-state index in [1.807, 2.05) is 13.0 Å². The van der Waals surface area contributed by atoms with Crippen molar-refractivity contribution in [2.45, 2.75) is 62.8 Å². The van der Waals surface area contributed by atoms with Crippen molar-refractivity contribution < 1.29 is 13.5 Å². The molecule has 1 aromatic heterocycles. The Balaban J connectivity index is 1.34. The lowest BCUT2D eigenvalue weighted by atomic mass is 9.94. The van der Waals surface area contributed by atoms with Crippen LogP contribution < -0.4 is 20.7 Å². The van der Waals surface area contributed by atoms with Crippen molar-refractivity contribution in [3.63, 3.8) is 0 Å². The van der Waals surface area contributed by atoms with Crippen LogP contribution >= 0.6 is 11.6 Å². The molecular weight excluding hydrogens is 546 g/mol. The van der Waals surface area contributed by atoms with Gasteiger partial charge < -0.3 is 20.7 Å². The van der Waals surface area contributed by atoms with Crippen LogP contribution in [0.1, 0.15) is 44.6 Å². The zero-order valence-electron chi connectivity index (χ0n) is 23.2. The molecule has 41 heavy (non-hydrogen) atoms. The van der Waals surface area contributed by atoms with Gasteiger partial charge in [-0.1, -0.05) is 24.2 Å². The lowest BCUT2D eigenvalue weighted by molar-refractivity contribution is 0.107. The topological polar surface area (TPSA) is 79.5 Å². The maximum absolute atomic E-state index is 16.6. The van der Waals surface area contributed by atoms with Crippen LogP contribution in [0.3, 0.4) is 0 Å². The Morgan fingerprint density at radius 1 is 1.20 bits per heavy atom. The van der Waals surface area contributed by atoms with E-state index in [2.05, 4.69) is 26.7 Å². The molecule has 4 aliphatic rings. The van der Waals surface area contributed by atoms with Crippen molar-refractivity contribution in [1.29, 1.82) is 0 Å². The second kappa shape index (κ2) is 10.1. The van der Waals surface area contributed by atoms with Crippen molar-refractivity contribution in [3.8, 4) is 17.1 Å². The summed E-state index contributed by atoms with van der Waals surface area (Å²) < 4.78 is 37.3. The summed E-state index contributed by atoms with van der Waals surface area (Å²) in [7, 11) is 0. The highest BCUT2D eigenvalue weighted by Gasteiger charge is 2.49. The first-order valence-corrected chi connectivity index (χ1v) is 14.9. The van der Waals surface area contributed by atoms with E-state index in [9.17, 15) is 4.39 Å². The summed E-state index contributed by atoms with van der Waals surface area (Å²) in [4.78, 5) is 13.9. The van der Waals surface area contributed by atoms with E-state index in [1.165, 1.54) is 0 Å². The Labute approximate surface area is 243 Å². The number of hydrogen-bond donors (Lipinski definition) is 2. The summed E-state index contributed by atoms with van der Waals surface area (Å²) in [5.74, 6) is 0.166. The van der Waals surface area contributed by atoms with E-state index in [0.29, 0.717) is 69.2 Å². The maximum Gasteiger partial charge on any atom is 0.319 e. The van der Waals surface area contributed by atoms with Crippen LogP contribution in [0.15, 0.2) is 30.8 Å². The second-order valence-corrected chi connectivity index (χ2v) is 12.7. The van der Waals surface area contributed by atoms with Gasteiger partial charge in [0.15, 0.2) is 5.82 Å². The first-order valence-electron chi connectivity index (χ1n) is 14.5. The van der Waals surface area contributed by atoms with Crippen molar-refractivity contribution in [2.75, 3.05) is 43.4 Å². The third kappa shape index (κ3) is 4.62. The van der Waals surface area contributed by atoms with Gasteiger partial charge in [0, 0.05) is 60.3 Å². The minimum absolute atomic E-state index is 0.115. The molecular formula is C31H35ClF2N6O. The number of fused-ring (bicyclic) bond motifs is 4. The van der Waals surface area contributed by atoms with Gasteiger partial charge in [-0.25, -0.2) is 8.78 Å². The first-order chi connectivity index (χ1) is 19.7. The predicted octanol–water partition coefficient (Wildman–Crippen LogP) is 5.60. The minimum Gasteiger partial charge on any atom is -0.461 e. The highest BCUT2D eigenvalue weighted by molar-refractivity contribution is 6.33. The van der Waals surface area contributed by atoms with Gasteiger partial charge in [0.25, 0.3) is 0 Å². The number of halogens is 3. The van der Waals surface area contributed by atoms with Gasteiger partial charge in [0.05, 0.1) is 10.6 Å². The summed E-state index contributed by atoms with van der Waals surface area (Å²) in [5.41, 5.74) is 8.62. The number of anilines is 2. The van der Waals surface area contributed by atoms with Gasteiger partial charge in [0.2, 0.25) is 0 Å². The fraction of sp³-hybridized carbons (Fsp3) is 0.484. The highest BCUT2D eigenvalue weighted by Crippen LogP contribution is 2.42. The number of piperazine rings is 1. The maximum atomic E-state index is 16.6. The Morgan fingerprint density at radius 3 is 2.73 bits per heavy atom. The predicted molar refractivity (Wildman–Crippen MR) is 160 cm³/mol. The summed E-state index contributed by atoms with van der Waals surface area (Å²) in [6.45, 7) is 9.02. The standard InChI is InChI=1S/C31H35ClF2N6O/c1-17(2)26-24(10-19(35)11-25(26)32)22-6-7-23-28(27(22)34)37-30(38-29(23)39-14-20-4-5-21(15-39)36-20)41-16-31-8-3-9-40(31)13-18(33)12-31/h6-7,10-11,18,20-21,36H,1,3-5,8-9,12-16,35H2,2H3/t18-,20-,21+,31+/m1/s1. The van der Waals surface area contributed by atoms with Gasteiger partial charge in [-0.05, 0) is 68.5 Å². The Morgan fingerprint density at radius 2 is 1.98 bits per heavy atom. The average molecular weight is 581 g/mol. The number of alkyl halides is 1. The number of nitrogens with one attached hydrogen (secondary N) is 1. The quantitative estimate of drug-likeness (QED) is 0.367. The van der Waals surface area contributed by atoms with E-state index in [0.717, 1.165) is 45.3 Å². The molecule has 216 valence electrons. The number of aromatic nitrogens is 2. The first kappa shape index (κ1) is 26.9. The fourth-order valence-corrected chi connectivity index (χ4v) is 7.92. The molecule has 0 amide bonds. The third-order valence-corrected chi connectivity index (χ3v) is 9.64. The molecule has 4 fully saturated rings. The molecule has 4 atom stereocenters. The number of nitrogens with two attached hydrogens (primary N) is 1. The third-order valence-electron chi connectivity index (χ3n) is 9.34. The molecule has 5 heterocycles. The molecule has 3 N–H and O–H groups in total. The molecule has 10 heteroatoms. The molecule has 0 saturated carbocycles. The van der Waals surface area contributed by atoms with Crippen molar-refractivity contribution >= 4 is 39.6 Å². The monoisotopic (exact) mass is 580 g/mol. The van der Waals surface area contributed by atoms with Gasteiger partial charge in [0.1, 0.15) is 24.1 Å². The molecule has 2 aromatic carbocycles. The molecule has 0 aliphatic carbocycles. The Kier molecular flexibility index (Phi) is 6.60. The summed E-state index contributed by atoms with van der Waals surface area (Å²) in [6.07, 6.45) is 3.66. The van der Waals surface area contributed by atoms with Crippen molar-refractivity contribution in [3.05, 3.63) is 47.2 Å². The molecule has 4 aliphatic heterocycles. The van der Waals surface area contributed by atoms with Gasteiger partial charge in [-0.2, -0.15) is 9.97 Å². The number of nitrogens with zero attached hydrogens (tertiary/aromatic N) is 4.